The normalized spacial score (nSPS) is 11.6. The number of aryl methyl sites for hydroxylation is 1. The van der Waals surface area contributed by atoms with Crippen LogP contribution in [0.1, 0.15) is 5.56 Å². The van der Waals surface area contributed by atoms with Gasteiger partial charge in [0.2, 0.25) is 0 Å². The van der Waals surface area contributed by atoms with Crippen LogP contribution in [0.3, 0.4) is 0 Å². The van der Waals surface area contributed by atoms with Crippen LogP contribution < -0.4 is 0 Å². The van der Waals surface area contributed by atoms with E-state index in [1.165, 1.54) is 76.9 Å². The van der Waals surface area contributed by atoms with Crippen LogP contribution in [0, 0.1) is 6.92 Å². The first-order chi connectivity index (χ1) is 19.8. The predicted molar refractivity (Wildman–Crippen MR) is 171 cm³/mol. The SMILES string of the molecule is Cc1cc(-c2c3ccccc3c(-c3ccccc3)c3ccccc23)cc(-n2c3ccccc3c3ccccc32)c1. The Hall–Kier alpha value is -5.14. The summed E-state index contributed by atoms with van der Waals surface area (Å²) >= 11 is 0. The molecule has 1 nitrogen and oxygen atoms in total. The van der Waals surface area contributed by atoms with Crippen molar-refractivity contribution >= 4 is 43.4 Å². The maximum Gasteiger partial charge on any atom is 0.0541 e. The summed E-state index contributed by atoms with van der Waals surface area (Å²) in [6, 6.07) is 53.1. The fourth-order valence-electron chi connectivity index (χ4n) is 6.59. The highest BCUT2D eigenvalue weighted by Crippen LogP contribution is 2.44. The first-order valence-electron chi connectivity index (χ1n) is 13.9. The van der Waals surface area contributed by atoms with Crippen molar-refractivity contribution in [1.82, 2.24) is 4.57 Å². The first kappa shape index (κ1) is 22.8. The minimum absolute atomic E-state index is 1.19. The van der Waals surface area contributed by atoms with E-state index in [2.05, 4.69) is 157 Å². The maximum absolute atomic E-state index is 2.42. The number of rotatable bonds is 3. The first-order valence-corrected chi connectivity index (χ1v) is 13.9. The Labute approximate surface area is 233 Å². The molecule has 1 aromatic heterocycles. The zero-order valence-corrected chi connectivity index (χ0v) is 22.3. The van der Waals surface area contributed by atoms with E-state index in [4.69, 9.17) is 0 Å². The average molecular weight is 510 g/mol. The van der Waals surface area contributed by atoms with Crippen molar-refractivity contribution in [2.24, 2.45) is 0 Å². The average Bonchev–Trinajstić information content (AvgIpc) is 3.34. The van der Waals surface area contributed by atoms with Gasteiger partial charge in [-0.1, -0.05) is 121 Å². The van der Waals surface area contributed by atoms with Crippen LogP contribution in [0.5, 0.6) is 0 Å². The highest BCUT2D eigenvalue weighted by molar-refractivity contribution is 6.21. The molecule has 40 heavy (non-hydrogen) atoms. The summed E-state index contributed by atoms with van der Waals surface area (Å²) in [5.74, 6) is 0. The molecule has 0 fully saturated rings. The Balaban J connectivity index is 1.48. The highest BCUT2D eigenvalue weighted by atomic mass is 15.0. The minimum Gasteiger partial charge on any atom is -0.309 e. The number of fused-ring (bicyclic) bond motifs is 5. The van der Waals surface area contributed by atoms with E-state index in [9.17, 15) is 0 Å². The molecule has 0 spiro atoms. The molecule has 7 aromatic carbocycles. The molecular formula is C39H27N. The second kappa shape index (κ2) is 8.97. The number of aromatic nitrogens is 1. The lowest BCUT2D eigenvalue weighted by atomic mass is 9.85. The molecule has 0 bridgehead atoms. The highest BCUT2D eigenvalue weighted by Gasteiger charge is 2.18. The van der Waals surface area contributed by atoms with E-state index in [-0.39, 0.29) is 0 Å². The number of para-hydroxylation sites is 2. The van der Waals surface area contributed by atoms with Crippen molar-refractivity contribution in [3.63, 3.8) is 0 Å². The van der Waals surface area contributed by atoms with Gasteiger partial charge >= 0.3 is 0 Å². The standard InChI is InChI=1S/C39H27N/c1-26-23-28(25-29(24-26)40-36-21-11-9-15-30(36)31-16-10-12-22-37(31)40)39-34-19-7-5-17-32(34)38(27-13-3-2-4-14-27)33-18-6-8-20-35(33)39/h2-25H,1H3. The summed E-state index contributed by atoms with van der Waals surface area (Å²) in [4.78, 5) is 0. The Morgan fingerprint density at radius 3 is 1.32 bits per heavy atom. The van der Waals surface area contributed by atoms with E-state index in [1.807, 2.05) is 0 Å². The van der Waals surface area contributed by atoms with Gasteiger partial charge in [0, 0.05) is 16.5 Å². The fraction of sp³-hybridized carbons (Fsp3) is 0.0256. The third kappa shape index (κ3) is 3.41. The topological polar surface area (TPSA) is 4.93 Å². The fourth-order valence-corrected chi connectivity index (χ4v) is 6.59. The van der Waals surface area contributed by atoms with Crippen molar-refractivity contribution in [2.45, 2.75) is 6.92 Å². The molecule has 0 aliphatic rings. The molecular weight excluding hydrogens is 482 g/mol. The lowest BCUT2D eigenvalue weighted by molar-refractivity contribution is 1.17. The van der Waals surface area contributed by atoms with E-state index in [0.29, 0.717) is 0 Å². The van der Waals surface area contributed by atoms with Crippen molar-refractivity contribution in [2.75, 3.05) is 0 Å². The molecule has 0 amide bonds. The van der Waals surface area contributed by atoms with E-state index in [1.54, 1.807) is 0 Å². The summed E-state index contributed by atoms with van der Waals surface area (Å²) in [5.41, 5.74) is 9.97. The van der Waals surface area contributed by atoms with Gasteiger partial charge in [-0.15, -0.1) is 0 Å². The summed E-state index contributed by atoms with van der Waals surface area (Å²) in [6.07, 6.45) is 0. The second-order valence-corrected chi connectivity index (χ2v) is 10.6. The third-order valence-electron chi connectivity index (χ3n) is 8.18. The lowest BCUT2D eigenvalue weighted by Crippen LogP contribution is -1.96. The summed E-state index contributed by atoms with van der Waals surface area (Å²) in [7, 11) is 0. The smallest absolute Gasteiger partial charge is 0.0541 e. The van der Waals surface area contributed by atoms with Crippen LogP contribution >= 0.6 is 0 Å². The molecule has 0 saturated carbocycles. The molecule has 0 N–H and O–H groups in total. The van der Waals surface area contributed by atoms with E-state index >= 15 is 0 Å². The van der Waals surface area contributed by atoms with Crippen LogP contribution in [0.25, 0.3) is 71.3 Å². The number of benzene rings is 7. The molecule has 8 aromatic rings. The molecule has 188 valence electrons. The largest absolute Gasteiger partial charge is 0.309 e. The number of nitrogens with zero attached hydrogens (tertiary/aromatic N) is 1. The second-order valence-electron chi connectivity index (χ2n) is 10.6. The Morgan fingerprint density at radius 2 is 0.800 bits per heavy atom. The van der Waals surface area contributed by atoms with Gasteiger partial charge in [0.1, 0.15) is 0 Å². The van der Waals surface area contributed by atoms with Crippen LogP contribution in [0.4, 0.5) is 0 Å². The molecule has 1 heteroatoms. The van der Waals surface area contributed by atoms with Crippen molar-refractivity contribution in [3.8, 4) is 27.9 Å². The van der Waals surface area contributed by atoms with Gasteiger partial charge in [-0.2, -0.15) is 0 Å². The van der Waals surface area contributed by atoms with Gasteiger partial charge in [-0.3, -0.25) is 0 Å². The molecule has 0 unspecified atom stereocenters. The zero-order valence-electron chi connectivity index (χ0n) is 22.3. The van der Waals surface area contributed by atoms with Crippen LogP contribution in [-0.4, -0.2) is 4.57 Å². The van der Waals surface area contributed by atoms with Gasteiger partial charge in [-0.25, -0.2) is 0 Å². The van der Waals surface area contributed by atoms with E-state index in [0.717, 1.165) is 0 Å². The molecule has 1 heterocycles. The Kier molecular flexibility index (Phi) is 5.11. The van der Waals surface area contributed by atoms with Crippen molar-refractivity contribution in [1.29, 1.82) is 0 Å². The third-order valence-corrected chi connectivity index (χ3v) is 8.18. The van der Waals surface area contributed by atoms with Crippen molar-refractivity contribution in [3.05, 3.63) is 151 Å². The minimum atomic E-state index is 1.19. The van der Waals surface area contributed by atoms with Gasteiger partial charge in [-0.05, 0) is 80.6 Å². The van der Waals surface area contributed by atoms with Gasteiger partial charge < -0.3 is 4.57 Å². The molecule has 0 saturated heterocycles. The molecule has 0 atom stereocenters. The molecule has 0 aliphatic carbocycles. The molecule has 0 radical (unpaired) electrons. The van der Waals surface area contributed by atoms with Crippen LogP contribution in [0.2, 0.25) is 0 Å². The Bertz CT molecular complexity index is 2110. The zero-order chi connectivity index (χ0) is 26.6. The van der Waals surface area contributed by atoms with Crippen molar-refractivity contribution < 1.29 is 0 Å². The molecule has 0 aliphatic heterocycles. The Morgan fingerprint density at radius 1 is 0.375 bits per heavy atom. The lowest BCUT2D eigenvalue weighted by Gasteiger charge is -2.19. The summed E-state index contributed by atoms with van der Waals surface area (Å²) in [6.45, 7) is 2.21. The number of hydrogen-bond acceptors (Lipinski definition) is 0. The maximum atomic E-state index is 2.42. The van der Waals surface area contributed by atoms with Crippen LogP contribution in [0.15, 0.2) is 146 Å². The number of hydrogen-bond donors (Lipinski definition) is 0. The summed E-state index contributed by atoms with van der Waals surface area (Å²) < 4.78 is 2.42. The van der Waals surface area contributed by atoms with Gasteiger partial charge in [0.05, 0.1) is 11.0 Å². The van der Waals surface area contributed by atoms with Crippen LogP contribution in [-0.2, 0) is 0 Å². The molecule has 8 rings (SSSR count). The quantitative estimate of drug-likeness (QED) is 0.209. The van der Waals surface area contributed by atoms with E-state index < -0.39 is 0 Å². The van der Waals surface area contributed by atoms with Gasteiger partial charge in [0.15, 0.2) is 0 Å². The summed E-state index contributed by atoms with van der Waals surface area (Å²) in [5, 5.41) is 7.68. The predicted octanol–water partition coefficient (Wildman–Crippen LogP) is 10.7. The monoisotopic (exact) mass is 509 g/mol. The van der Waals surface area contributed by atoms with Gasteiger partial charge in [0.25, 0.3) is 0 Å².